The molecule has 1 N–H and O–H groups in total. The van der Waals surface area contributed by atoms with E-state index in [0.717, 1.165) is 11.1 Å². The molecular weight excluding hydrogens is 542 g/mol. The molecule has 4 aromatic rings. The van der Waals surface area contributed by atoms with Gasteiger partial charge in [-0.3, -0.25) is 9.59 Å². The van der Waals surface area contributed by atoms with E-state index in [2.05, 4.69) is 0 Å². The Hall–Kier alpha value is -5.04. The lowest BCUT2D eigenvalue weighted by molar-refractivity contribution is -0.139. The normalized spacial score (nSPS) is 15.9. The number of amides is 1. The van der Waals surface area contributed by atoms with Gasteiger partial charge < -0.3 is 24.2 Å². The second-order valence-corrected chi connectivity index (χ2v) is 10.1. The number of ketones is 1. The topological polar surface area (TPSA) is 85.3 Å². The molecule has 4 aromatic carbocycles. The van der Waals surface area contributed by atoms with Crippen molar-refractivity contribution in [2.45, 2.75) is 32.9 Å². The fourth-order valence-electron chi connectivity index (χ4n) is 5.20. The van der Waals surface area contributed by atoms with E-state index in [9.17, 15) is 14.7 Å². The number of hydrogen-bond acceptors (Lipinski definition) is 6. The van der Waals surface area contributed by atoms with E-state index in [4.69, 9.17) is 14.2 Å². The monoisotopic (exact) mass is 577 g/mol. The van der Waals surface area contributed by atoms with Gasteiger partial charge in [0, 0.05) is 12.1 Å². The summed E-state index contributed by atoms with van der Waals surface area (Å²) in [6, 6.07) is 31.0. The summed E-state index contributed by atoms with van der Waals surface area (Å²) < 4.78 is 17.6. The Morgan fingerprint density at radius 1 is 0.744 bits per heavy atom. The highest BCUT2D eigenvalue weighted by Gasteiger charge is 2.46. The van der Waals surface area contributed by atoms with Crippen LogP contribution in [0.5, 0.6) is 17.2 Å². The molecule has 0 saturated carbocycles. The number of hydrogen-bond donors (Lipinski definition) is 1. The van der Waals surface area contributed by atoms with E-state index >= 15 is 0 Å². The number of nitrogens with zero attached hydrogens (tertiary/aromatic N) is 1. The highest BCUT2D eigenvalue weighted by molar-refractivity contribution is 6.46. The molecule has 1 atom stereocenters. The van der Waals surface area contributed by atoms with Gasteiger partial charge in [-0.2, -0.15) is 0 Å². The Balaban J connectivity index is 1.54. The first-order valence-corrected chi connectivity index (χ1v) is 14.5. The SMILES string of the molecule is CCOc1ccc(/C(O)=C2\C(=O)C(=O)N(CCc3ccccc3)C2c2ccc(OCc3ccccc3)c(OCC)c2)cc1. The molecule has 7 nitrogen and oxygen atoms in total. The van der Waals surface area contributed by atoms with Crippen molar-refractivity contribution >= 4 is 17.4 Å². The fourth-order valence-corrected chi connectivity index (χ4v) is 5.20. The van der Waals surface area contributed by atoms with Gasteiger partial charge in [-0.25, -0.2) is 0 Å². The fraction of sp³-hybridized carbons (Fsp3) is 0.222. The molecule has 43 heavy (non-hydrogen) atoms. The molecule has 1 heterocycles. The summed E-state index contributed by atoms with van der Waals surface area (Å²) in [4.78, 5) is 28.6. The minimum absolute atomic E-state index is 0.0302. The van der Waals surface area contributed by atoms with Crippen LogP contribution in [0.4, 0.5) is 0 Å². The van der Waals surface area contributed by atoms with Crippen molar-refractivity contribution in [3.05, 3.63) is 131 Å². The van der Waals surface area contributed by atoms with Crippen LogP contribution in [0.3, 0.4) is 0 Å². The van der Waals surface area contributed by atoms with Gasteiger partial charge in [0.2, 0.25) is 0 Å². The van der Waals surface area contributed by atoms with Crippen LogP contribution in [0.25, 0.3) is 5.76 Å². The van der Waals surface area contributed by atoms with Crippen LogP contribution in [0, 0.1) is 0 Å². The van der Waals surface area contributed by atoms with Crippen molar-refractivity contribution in [2.75, 3.05) is 19.8 Å². The molecule has 5 rings (SSSR count). The van der Waals surface area contributed by atoms with E-state index in [1.807, 2.05) is 80.6 Å². The van der Waals surface area contributed by atoms with Crippen LogP contribution in [-0.4, -0.2) is 41.5 Å². The minimum Gasteiger partial charge on any atom is -0.507 e. The number of benzene rings is 4. The second kappa shape index (κ2) is 13.7. The minimum atomic E-state index is -0.822. The van der Waals surface area contributed by atoms with E-state index in [-0.39, 0.29) is 17.9 Å². The van der Waals surface area contributed by atoms with Gasteiger partial charge in [-0.05, 0) is 73.4 Å². The number of rotatable bonds is 12. The predicted molar refractivity (Wildman–Crippen MR) is 165 cm³/mol. The standard InChI is InChI=1S/C36H35NO6/c1-3-41-29-18-15-27(16-19-29)34(38)32-33(37(36(40)35(32)39)22-21-25-11-7-5-8-12-25)28-17-20-30(31(23-28)42-4-2)43-24-26-13-9-6-10-14-26/h5-20,23,33,38H,3-4,21-22,24H2,1-2H3/b34-32+. The van der Waals surface area contributed by atoms with Crippen LogP contribution in [0.1, 0.15) is 42.1 Å². The molecule has 1 aliphatic rings. The van der Waals surface area contributed by atoms with Gasteiger partial charge in [0.25, 0.3) is 11.7 Å². The average molecular weight is 578 g/mol. The lowest BCUT2D eigenvalue weighted by atomic mass is 9.94. The Bertz CT molecular complexity index is 1580. The molecule has 220 valence electrons. The number of carbonyl (C=O) groups is 2. The van der Waals surface area contributed by atoms with Crippen molar-refractivity contribution in [1.82, 2.24) is 4.90 Å². The van der Waals surface area contributed by atoms with Gasteiger partial charge in [0.1, 0.15) is 18.1 Å². The molecule has 0 bridgehead atoms. The Morgan fingerprint density at radius 3 is 2.05 bits per heavy atom. The highest BCUT2D eigenvalue weighted by Crippen LogP contribution is 2.42. The number of aliphatic hydroxyl groups is 1. The molecule has 0 radical (unpaired) electrons. The zero-order valence-corrected chi connectivity index (χ0v) is 24.4. The van der Waals surface area contributed by atoms with Crippen molar-refractivity contribution in [3.63, 3.8) is 0 Å². The number of carbonyl (C=O) groups excluding carboxylic acids is 2. The molecule has 1 amide bonds. The third-order valence-corrected chi connectivity index (χ3v) is 7.28. The molecule has 1 aliphatic heterocycles. The maximum absolute atomic E-state index is 13.5. The summed E-state index contributed by atoms with van der Waals surface area (Å²) in [5, 5.41) is 11.5. The average Bonchev–Trinajstić information content (AvgIpc) is 3.29. The number of likely N-dealkylation sites (tertiary alicyclic amines) is 1. The summed E-state index contributed by atoms with van der Waals surface area (Å²) >= 11 is 0. The van der Waals surface area contributed by atoms with E-state index in [1.54, 1.807) is 36.4 Å². The summed E-state index contributed by atoms with van der Waals surface area (Å²) in [5.74, 6) is 0.0535. The summed E-state index contributed by atoms with van der Waals surface area (Å²) in [6.45, 7) is 5.31. The Labute approximate surface area is 252 Å². The predicted octanol–water partition coefficient (Wildman–Crippen LogP) is 6.73. The zero-order valence-electron chi connectivity index (χ0n) is 24.4. The largest absolute Gasteiger partial charge is 0.507 e. The van der Waals surface area contributed by atoms with Gasteiger partial charge in [0.15, 0.2) is 11.5 Å². The molecule has 0 spiro atoms. The molecule has 1 unspecified atom stereocenters. The third-order valence-electron chi connectivity index (χ3n) is 7.28. The van der Waals surface area contributed by atoms with Crippen LogP contribution in [-0.2, 0) is 22.6 Å². The molecule has 1 fully saturated rings. The van der Waals surface area contributed by atoms with Gasteiger partial charge in [-0.15, -0.1) is 0 Å². The summed E-state index contributed by atoms with van der Waals surface area (Å²) in [7, 11) is 0. The first kappa shape index (κ1) is 29.5. The van der Waals surface area contributed by atoms with Gasteiger partial charge in [0.05, 0.1) is 24.8 Å². The maximum atomic E-state index is 13.5. The quantitative estimate of drug-likeness (QED) is 0.114. The van der Waals surface area contributed by atoms with Crippen LogP contribution >= 0.6 is 0 Å². The van der Waals surface area contributed by atoms with Crippen molar-refractivity contribution in [2.24, 2.45) is 0 Å². The van der Waals surface area contributed by atoms with E-state index in [1.165, 1.54) is 4.90 Å². The third kappa shape index (κ3) is 6.72. The number of ether oxygens (including phenoxy) is 3. The van der Waals surface area contributed by atoms with Gasteiger partial charge >= 0.3 is 0 Å². The number of Topliss-reactive ketones (excluding diaryl/α,β-unsaturated/α-hetero) is 1. The van der Waals surface area contributed by atoms with E-state index < -0.39 is 17.7 Å². The van der Waals surface area contributed by atoms with Crippen molar-refractivity contribution in [1.29, 1.82) is 0 Å². The first-order chi connectivity index (χ1) is 21.0. The van der Waals surface area contributed by atoms with Crippen molar-refractivity contribution < 1.29 is 28.9 Å². The number of aliphatic hydroxyl groups excluding tert-OH is 1. The molecule has 0 aliphatic carbocycles. The molecular formula is C36H35NO6. The molecule has 7 heteroatoms. The Morgan fingerprint density at radius 2 is 1.40 bits per heavy atom. The van der Waals surface area contributed by atoms with Gasteiger partial charge in [-0.1, -0.05) is 66.7 Å². The first-order valence-electron chi connectivity index (χ1n) is 14.5. The summed E-state index contributed by atoms with van der Waals surface area (Å²) in [5.41, 5.74) is 3.13. The smallest absolute Gasteiger partial charge is 0.295 e. The Kier molecular flexibility index (Phi) is 9.42. The van der Waals surface area contributed by atoms with E-state index in [0.29, 0.717) is 54.6 Å². The zero-order chi connectivity index (χ0) is 30.2. The molecule has 0 aromatic heterocycles. The highest BCUT2D eigenvalue weighted by atomic mass is 16.5. The maximum Gasteiger partial charge on any atom is 0.295 e. The summed E-state index contributed by atoms with van der Waals surface area (Å²) in [6.07, 6.45) is 0.546. The van der Waals surface area contributed by atoms with Crippen molar-refractivity contribution in [3.8, 4) is 17.2 Å². The lowest BCUT2D eigenvalue weighted by Crippen LogP contribution is -2.31. The lowest BCUT2D eigenvalue weighted by Gasteiger charge is -2.26. The van der Waals surface area contributed by atoms with Crippen LogP contribution < -0.4 is 14.2 Å². The second-order valence-electron chi connectivity index (χ2n) is 10.1. The van der Waals surface area contributed by atoms with Crippen LogP contribution in [0.15, 0.2) is 109 Å². The van der Waals surface area contributed by atoms with Crippen LogP contribution in [0.2, 0.25) is 0 Å². The molecule has 1 saturated heterocycles.